The van der Waals surface area contributed by atoms with Gasteiger partial charge >= 0.3 is 0 Å². The van der Waals surface area contributed by atoms with Crippen LogP contribution in [0.25, 0.3) is 22.0 Å². The van der Waals surface area contributed by atoms with Gasteiger partial charge in [0.25, 0.3) is 11.5 Å². The van der Waals surface area contributed by atoms with E-state index in [0.29, 0.717) is 34.4 Å². The molecule has 0 spiro atoms. The summed E-state index contributed by atoms with van der Waals surface area (Å²) in [5.41, 5.74) is 3.04. The van der Waals surface area contributed by atoms with Crippen molar-refractivity contribution in [1.29, 1.82) is 0 Å². The first-order valence-corrected chi connectivity index (χ1v) is 13.7. The van der Waals surface area contributed by atoms with Gasteiger partial charge in [-0.2, -0.15) is 0 Å². The summed E-state index contributed by atoms with van der Waals surface area (Å²) >= 11 is 0. The van der Waals surface area contributed by atoms with Crippen molar-refractivity contribution in [2.75, 3.05) is 6.54 Å². The van der Waals surface area contributed by atoms with Gasteiger partial charge in [-0.15, -0.1) is 0 Å². The summed E-state index contributed by atoms with van der Waals surface area (Å²) in [5, 5.41) is 14.9. The van der Waals surface area contributed by atoms with Gasteiger partial charge in [0.15, 0.2) is 0 Å². The largest absolute Gasteiger partial charge is 0.438 e. The number of fused-ring (bicyclic) bond motifs is 1. The Morgan fingerprint density at radius 2 is 1.81 bits per heavy atom. The Bertz CT molecular complexity index is 1840. The molecule has 0 aliphatic heterocycles. The van der Waals surface area contributed by atoms with Gasteiger partial charge in [0.05, 0.1) is 5.60 Å². The zero-order valence-corrected chi connectivity index (χ0v) is 24.2. The summed E-state index contributed by atoms with van der Waals surface area (Å²) in [7, 11) is 1.63. The first-order valence-electron chi connectivity index (χ1n) is 13.7. The van der Waals surface area contributed by atoms with Crippen LogP contribution in [0.15, 0.2) is 71.8 Å². The van der Waals surface area contributed by atoms with Crippen molar-refractivity contribution >= 4 is 16.8 Å². The van der Waals surface area contributed by atoms with E-state index in [2.05, 4.69) is 15.3 Å². The molecule has 5 rings (SSSR count). The van der Waals surface area contributed by atoms with Gasteiger partial charge < -0.3 is 24.7 Å². The van der Waals surface area contributed by atoms with Crippen LogP contribution < -0.4 is 15.6 Å². The Morgan fingerprint density at radius 1 is 1.12 bits per heavy atom. The number of nitrogens with zero attached hydrogens (tertiary/aromatic N) is 2. The van der Waals surface area contributed by atoms with E-state index in [1.165, 1.54) is 16.7 Å². The lowest BCUT2D eigenvalue weighted by molar-refractivity contribution is 0.0572. The molecule has 9 heteroatoms. The lowest BCUT2D eigenvalue weighted by atomic mass is 9.88. The summed E-state index contributed by atoms with van der Waals surface area (Å²) in [4.78, 5) is 33.4. The lowest BCUT2D eigenvalue weighted by Crippen LogP contribution is -2.24. The molecule has 3 aromatic heterocycles. The maximum absolute atomic E-state index is 13.5. The van der Waals surface area contributed by atoms with Gasteiger partial charge in [-0.3, -0.25) is 9.59 Å². The fourth-order valence-electron chi connectivity index (χ4n) is 5.11. The molecule has 0 aliphatic carbocycles. The summed E-state index contributed by atoms with van der Waals surface area (Å²) in [5.74, 6) is 0.236. The first-order chi connectivity index (χ1) is 20.0. The van der Waals surface area contributed by atoms with E-state index in [1.54, 1.807) is 50.6 Å². The molecule has 0 fully saturated rings. The number of aliphatic hydroxyl groups is 1. The molecule has 8 nitrogen and oxygen atoms in total. The topological polar surface area (TPSA) is 109 Å². The summed E-state index contributed by atoms with van der Waals surface area (Å²) in [6.07, 6.45) is 3.44. The Hall–Kier alpha value is -4.76. The van der Waals surface area contributed by atoms with Crippen molar-refractivity contribution in [1.82, 2.24) is 19.9 Å². The molecule has 3 heterocycles. The number of carbonyl (C=O) groups is 1. The molecule has 2 aromatic carbocycles. The zero-order chi connectivity index (χ0) is 30.2. The van der Waals surface area contributed by atoms with Crippen molar-refractivity contribution in [2.24, 2.45) is 7.05 Å². The van der Waals surface area contributed by atoms with Crippen molar-refractivity contribution in [3.8, 4) is 22.8 Å². The Balaban J connectivity index is 1.72. The highest BCUT2D eigenvalue weighted by atomic mass is 19.1. The van der Waals surface area contributed by atoms with Crippen LogP contribution in [0, 0.1) is 19.7 Å². The molecule has 0 bridgehead atoms. The number of para-hydroxylation sites is 1. The molecule has 0 saturated heterocycles. The molecule has 5 aromatic rings. The third kappa shape index (κ3) is 5.56. The van der Waals surface area contributed by atoms with Crippen LogP contribution >= 0.6 is 0 Å². The second-order valence-electron chi connectivity index (χ2n) is 10.8. The number of pyridine rings is 2. The monoisotopic (exact) mass is 568 g/mol. The van der Waals surface area contributed by atoms with Crippen LogP contribution in [0.5, 0.6) is 11.6 Å². The fourth-order valence-corrected chi connectivity index (χ4v) is 5.11. The predicted octanol–water partition coefficient (Wildman–Crippen LogP) is 5.68. The number of H-pyrrole nitrogens is 1. The number of nitrogens with one attached hydrogen (secondary N) is 2. The SMILES string of the molecule is CCNC(=O)c1cc2c(-c3cc(C(C)(O)Cc4ccc(F)cc4)cnc3Oc3c(C)cccc3C)cn(C)c(=O)c2[nH]1. The number of hydrogen-bond acceptors (Lipinski definition) is 5. The number of benzene rings is 2. The van der Waals surface area contributed by atoms with E-state index in [9.17, 15) is 19.1 Å². The van der Waals surface area contributed by atoms with Gasteiger partial charge in [0, 0.05) is 54.5 Å². The van der Waals surface area contributed by atoms with E-state index in [-0.39, 0.29) is 40.8 Å². The Morgan fingerprint density at radius 3 is 2.48 bits per heavy atom. The van der Waals surface area contributed by atoms with Gasteiger partial charge in [0.2, 0.25) is 5.88 Å². The minimum absolute atomic E-state index is 0.208. The molecule has 0 saturated carbocycles. The van der Waals surface area contributed by atoms with Crippen molar-refractivity contribution in [2.45, 2.75) is 39.7 Å². The van der Waals surface area contributed by atoms with Crippen molar-refractivity contribution in [3.63, 3.8) is 0 Å². The van der Waals surface area contributed by atoms with Crippen LogP contribution in [0.1, 0.15) is 46.6 Å². The molecule has 3 N–H and O–H groups in total. The molecular weight excluding hydrogens is 535 g/mol. The highest BCUT2D eigenvalue weighted by Gasteiger charge is 2.28. The number of halogens is 1. The second-order valence-corrected chi connectivity index (χ2v) is 10.8. The molecule has 42 heavy (non-hydrogen) atoms. The van der Waals surface area contributed by atoms with Gasteiger partial charge in [-0.25, -0.2) is 9.37 Å². The van der Waals surface area contributed by atoms with E-state index in [0.717, 1.165) is 16.7 Å². The minimum atomic E-state index is -1.37. The number of carbonyl (C=O) groups excluding carboxylic acids is 1. The average Bonchev–Trinajstić information content (AvgIpc) is 3.40. The van der Waals surface area contributed by atoms with Gasteiger partial charge in [-0.1, -0.05) is 30.3 Å². The Labute approximate surface area is 242 Å². The van der Waals surface area contributed by atoms with Crippen molar-refractivity contribution in [3.05, 3.63) is 111 Å². The molecule has 1 unspecified atom stereocenters. The van der Waals surface area contributed by atoms with Gasteiger partial charge in [-0.05, 0) is 68.7 Å². The summed E-state index contributed by atoms with van der Waals surface area (Å²) < 4.78 is 21.4. The molecule has 216 valence electrons. The normalized spacial score (nSPS) is 12.7. The number of ether oxygens (including phenoxy) is 1. The molecule has 1 atom stereocenters. The lowest BCUT2D eigenvalue weighted by Gasteiger charge is -2.25. The molecule has 1 amide bonds. The minimum Gasteiger partial charge on any atom is -0.438 e. The molecule has 0 aliphatic rings. The van der Waals surface area contributed by atoms with E-state index >= 15 is 0 Å². The maximum Gasteiger partial charge on any atom is 0.274 e. The second kappa shape index (κ2) is 11.3. The summed E-state index contributed by atoms with van der Waals surface area (Å²) in [6, 6.07) is 15.2. The van der Waals surface area contributed by atoms with E-state index < -0.39 is 5.60 Å². The van der Waals surface area contributed by atoms with Crippen LogP contribution in [0.4, 0.5) is 4.39 Å². The number of aromatic amines is 1. The first kappa shape index (κ1) is 28.8. The molecular formula is C33H33FN4O4. The smallest absolute Gasteiger partial charge is 0.274 e. The average molecular weight is 569 g/mol. The zero-order valence-electron chi connectivity index (χ0n) is 24.2. The maximum atomic E-state index is 13.5. The highest BCUT2D eigenvalue weighted by molar-refractivity contribution is 6.03. The predicted molar refractivity (Wildman–Crippen MR) is 160 cm³/mol. The number of rotatable bonds is 8. The third-order valence-electron chi connectivity index (χ3n) is 7.38. The van der Waals surface area contributed by atoms with Gasteiger partial charge in [0.1, 0.15) is 22.8 Å². The number of hydrogen-bond donors (Lipinski definition) is 3. The van der Waals surface area contributed by atoms with Crippen LogP contribution in [0.2, 0.25) is 0 Å². The third-order valence-corrected chi connectivity index (χ3v) is 7.38. The standard InChI is InChI=1S/C33H33FN4O4/c1-6-35-30(39)27-15-24-26(18-38(5)32(40)28(24)37-27)25-14-22(33(4,41)16-21-10-12-23(34)13-11-21)17-36-31(25)42-29-19(2)8-7-9-20(29)3/h7-15,17-18,37,41H,6,16H2,1-5H3,(H,35,39). The quantitative estimate of drug-likeness (QED) is 0.223. The molecule has 0 radical (unpaired) electrons. The number of aromatic nitrogens is 3. The van der Waals surface area contributed by atoms with Crippen molar-refractivity contribution < 1.29 is 19.0 Å². The van der Waals surface area contributed by atoms with E-state index in [4.69, 9.17) is 4.74 Å². The summed E-state index contributed by atoms with van der Waals surface area (Å²) in [6.45, 7) is 7.81. The number of aryl methyl sites for hydroxylation is 3. The fraction of sp³-hybridized carbons (Fsp3) is 0.242. The van der Waals surface area contributed by atoms with E-state index in [1.807, 2.05) is 39.0 Å². The van der Waals surface area contributed by atoms with Crippen LogP contribution in [-0.2, 0) is 19.1 Å². The number of amides is 1. The van der Waals surface area contributed by atoms with Crippen LogP contribution in [0.3, 0.4) is 0 Å². The highest BCUT2D eigenvalue weighted by Crippen LogP contribution is 2.39. The Kier molecular flexibility index (Phi) is 7.71. The van der Waals surface area contributed by atoms with Crippen LogP contribution in [-0.4, -0.2) is 32.1 Å².